The first kappa shape index (κ1) is 29.0. The average Bonchev–Trinajstić information content (AvgIpc) is 0. The Hall–Kier alpha value is 2.83. The van der Waals surface area contributed by atoms with E-state index in [0.29, 0.717) is 0 Å². The summed E-state index contributed by atoms with van der Waals surface area (Å²) in [5.41, 5.74) is 0. The van der Waals surface area contributed by atoms with Gasteiger partial charge in [0.15, 0.2) is 0 Å². The molecule has 2 radical (unpaired) electrons. The zero-order valence-corrected chi connectivity index (χ0v) is 8.62. The molecule has 0 saturated carbocycles. The Morgan fingerprint density at radius 3 is 1.25 bits per heavy atom. The molecule has 0 aromatic carbocycles. The maximum atomic E-state index is 0. The van der Waals surface area contributed by atoms with Crippen LogP contribution in [-0.4, -0.2) is 51.0 Å². The average molecular weight is 208 g/mol. The summed E-state index contributed by atoms with van der Waals surface area (Å²) >= 11 is 0. The third kappa shape index (κ3) is 8.85. The predicted molar refractivity (Wildman–Crippen MR) is 11.6 cm³/mol. The molecule has 0 saturated heterocycles. The van der Waals surface area contributed by atoms with E-state index in [0.717, 1.165) is 0 Å². The quantitative estimate of drug-likeness (QED) is 0.457. The van der Waals surface area contributed by atoms with Crippen LogP contribution < -0.4 is 0 Å². The predicted octanol–water partition coefficient (Wildman–Crippen LogP) is -0.986. The zero-order valence-electron chi connectivity index (χ0n) is 4.16. The smallest absolute Gasteiger partial charge is 1.00 e. The second-order valence-electron chi connectivity index (χ2n) is 0. The van der Waals surface area contributed by atoms with Gasteiger partial charge in [-0.25, -0.2) is 0 Å². The van der Waals surface area contributed by atoms with Crippen molar-refractivity contribution in [2.75, 3.05) is 0 Å². The van der Waals surface area contributed by atoms with Crippen LogP contribution >= 0.6 is 0 Å². The fourth-order valence-electron chi connectivity index (χ4n) is 0. The largest absolute Gasteiger partial charge is 2.00 e. The molecule has 0 amide bonds. The summed E-state index contributed by atoms with van der Waals surface area (Å²) in [6.07, 6.45) is 0. The van der Waals surface area contributed by atoms with E-state index < -0.39 is 0 Å². The summed E-state index contributed by atoms with van der Waals surface area (Å²) in [5.74, 6) is 0. The van der Waals surface area contributed by atoms with Crippen LogP contribution in [0.5, 0.6) is 0 Å². The van der Waals surface area contributed by atoms with E-state index in [9.17, 15) is 0 Å². The molecule has 2 N–H and O–H groups in total. The van der Waals surface area contributed by atoms with Crippen LogP contribution in [-0.2, 0) is 42.9 Å². The van der Waals surface area contributed by atoms with Crippen LogP contribution in [0.1, 0.15) is 2.85 Å². The molecular formula is H4MnOScSr. The Balaban J connectivity index is 0. The molecule has 0 rings (SSSR count). The van der Waals surface area contributed by atoms with Gasteiger partial charge in [-0.15, -0.1) is 0 Å². The minimum absolute atomic E-state index is 0. The summed E-state index contributed by atoms with van der Waals surface area (Å²) < 4.78 is 0. The zero-order chi connectivity index (χ0) is 0. The topological polar surface area (TPSA) is 31.5 Å². The maximum Gasteiger partial charge on any atom is 2.00 e. The van der Waals surface area contributed by atoms with Crippen molar-refractivity contribution in [1.82, 2.24) is 0 Å². The van der Waals surface area contributed by atoms with E-state index in [4.69, 9.17) is 0 Å². The number of hydrogen-bond acceptors (Lipinski definition) is 0. The third-order valence-electron chi connectivity index (χ3n) is 0. The van der Waals surface area contributed by atoms with Crippen molar-refractivity contribution >= 4 is 45.5 Å². The third-order valence-corrected chi connectivity index (χ3v) is 0. The first-order valence-electron chi connectivity index (χ1n) is 0. The van der Waals surface area contributed by atoms with Crippen LogP contribution in [0.25, 0.3) is 0 Å². The van der Waals surface area contributed by atoms with E-state index in [1.54, 1.807) is 0 Å². The fraction of sp³-hybridized carbons (Fsp3) is 0. The fourth-order valence-corrected chi connectivity index (χ4v) is 0. The Morgan fingerprint density at radius 1 is 1.25 bits per heavy atom. The monoisotopic (exact) mass is 208 g/mol. The van der Waals surface area contributed by atoms with Gasteiger partial charge in [-0.2, -0.15) is 0 Å². The SMILES string of the molecule is O.[H-].[H-].[Mn].[Sc].[Sr+2]. The van der Waals surface area contributed by atoms with Gasteiger partial charge in [0, 0.05) is 42.9 Å². The van der Waals surface area contributed by atoms with E-state index >= 15 is 0 Å². The van der Waals surface area contributed by atoms with Crippen LogP contribution in [0.15, 0.2) is 0 Å². The first-order chi connectivity index (χ1) is 0. The molecule has 0 aliphatic rings. The molecule has 0 aromatic rings. The number of hydrogen-bond donors (Lipinski definition) is 0. The van der Waals surface area contributed by atoms with E-state index in [1.807, 2.05) is 0 Å². The summed E-state index contributed by atoms with van der Waals surface area (Å²) in [4.78, 5) is 0. The van der Waals surface area contributed by atoms with Crippen LogP contribution in [0.4, 0.5) is 0 Å². The van der Waals surface area contributed by atoms with Crippen molar-refractivity contribution in [3.05, 3.63) is 0 Å². The van der Waals surface area contributed by atoms with Crippen LogP contribution in [0.3, 0.4) is 0 Å². The second kappa shape index (κ2) is 17.0. The standard InChI is InChI=1S/Mn.H2O.Sc.Sr.2H/h;1H2;;;;/q;;;+2;2*-1. The summed E-state index contributed by atoms with van der Waals surface area (Å²) in [5, 5.41) is 0. The van der Waals surface area contributed by atoms with Gasteiger partial charge in [0.05, 0.1) is 0 Å². The van der Waals surface area contributed by atoms with E-state index in [1.165, 1.54) is 0 Å². The van der Waals surface area contributed by atoms with Crippen molar-refractivity contribution in [2.45, 2.75) is 0 Å². The molecule has 0 heterocycles. The van der Waals surface area contributed by atoms with Crippen molar-refractivity contribution in [3.8, 4) is 0 Å². The summed E-state index contributed by atoms with van der Waals surface area (Å²) in [6.45, 7) is 0. The molecule has 0 aliphatic carbocycles. The summed E-state index contributed by atoms with van der Waals surface area (Å²) in [7, 11) is 0. The molecule has 4 heavy (non-hydrogen) atoms. The maximum absolute atomic E-state index is 0. The molecule has 0 spiro atoms. The minimum atomic E-state index is 0. The molecule has 0 bridgehead atoms. The molecule has 0 aliphatic heterocycles. The van der Waals surface area contributed by atoms with Gasteiger partial charge in [-0.1, -0.05) is 0 Å². The molecule has 0 atom stereocenters. The van der Waals surface area contributed by atoms with Crippen molar-refractivity contribution in [1.29, 1.82) is 0 Å². The van der Waals surface area contributed by atoms with Gasteiger partial charge in [0.25, 0.3) is 0 Å². The van der Waals surface area contributed by atoms with Gasteiger partial charge in [-0.3, -0.25) is 0 Å². The summed E-state index contributed by atoms with van der Waals surface area (Å²) in [6, 6.07) is 0. The van der Waals surface area contributed by atoms with Gasteiger partial charge in [0.1, 0.15) is 0 Å². The Labute approximate surface area is 94.7 Å². The van der Waals surface area contributed by atoms with E-state index in [-0.39, 0.29) is 96.7 Å². The molecular weight excluding hydrogens is 204 g/mol. The normalized spacial score (nSPS) is 0. The Kier molecular flexibility index (Phi) is 123. The molecule has 1 nitrogen and oxygen atoms in total. The van der Waals surface area contributed by atoms with E-state index in [2.05, 4.69) is 0 Å². The molecule has 0 fully saturated rings. The first-order valence-corrected chi connectivity index (χ1v) is 0. The van der Waals surface area contributed by atoms with Gasteiger partial charge in [0.2, 0.25) is 0 Å². The molecule has 0 aromatic heterocycles. The van der Waals surface area contributed by atoms with Crippen molar-refractivity contribution in [3.63, 3.8) is 0 Å². The van der Waals surface area contributed by atoms with Gasteiger partial charge in [-0.05, 0) is 0 Å². The van der Waals surface area contributed by atoms with Crippen LogP contribution in [0, 0.1) is 0 Å². The number of rotatable bonds is 0. The van der Waals surface area contributed by atoms with Crippen molar-refractivity contribution < 1.29 is 51.2 Å². The molecule has 4 heteroatoms. The van der Waals surface area contributed by atoms with Crippen LogP contribution in [0.2, 0.25) is 0 Å². The molecule has 0 unspecified atom stereocenters. The van der Waals surface area contributed by atoms with Gasteiger partial charge >= 0.3 is 45.5 Å². The van der Waals surface area contributed by atoms with Gasteiger partial charge < -0.3 is 8.33 Å². The van der Waals surface area contributed by atoms with Crippen molar-refractivity contribution in [2.24, 2.45) is 0 Å². The second-order valence-corrected chi connectivity index (χ2v) is 0. The Morgan fingerprint density at radius 2 is 1.25 bits per heavy atom. The molecule has 22 valence electrons. The Bertz CT molecular complexity index is 13.5. The minimum Gasteiger partial charge on any atom is -1.00 e.